The number of guanidine groups is 1. The van der Waals surface area contributed by atoms with E-state index >= 15 is 0 Å². The number of benzene rings is 1. The Balaban J connectivity index is 0.00000529. The Hall–Kier alpha value is -1.09. The minimum atomic E-state index is -0.444. The standard InChI is InChI=1S/C16H24ClFN4O.HI/c1-5-8-19-16(20-10-15(23)21(2)3)22(4)11-12-6-7-13(17)14(18)9-12;/h6-7,9H,5,8,10-11H2,1-4H3,(H,19,20);1H. The molecule has 0 aromatic heterocycles. The summed E-state index contributed by atoms with van der Waals surface area (Å²) < 4.78 is 13.5. The summed E-state index contributed by atoms with van der Waals surface area (Å²) in [5.74, 6) is 0.0875. The lowest BCUT2D eigenvalue weighted by molar-refractivity contribution is -0.127. The molecule has 136 valence electrons. The van der Waals surface area contributed by atoms with Gasteiger partial charge < -0.3 is 15.1 Å². The summed E-state index contributed by atoms with van der Waals surface area (Å²) in [5.41, 5.74) is 0.777. The maximum absolute atomic E-state index is 13.5. The lowest BCUT2D eigenvalue weighted by Gasteiger charge is -2.23. The molecular weight excluding hydrogens is 446 g/mol. The van der Waals surface area contributed by atoms with Gasteiger partial charge in [-0.15, -0.1) is 24.0 Å². The Bertz CT molecular complexity index is 569. The molecule has 0 radical (unpaired) electrons. The van der Waals surface area contributed by atoms with Crippen LogP contribution in [0.15, 0.2) is 23.2 Å². The molecule has 0 heterocycles. The Morgan fingerprint density at radius 1 is 1.33 bits per heavy atom. The molecule has 1 N–H and O–H groups in total. The Morgan fingerprint density at radius 2 is 2.00 bits per heavy atom. The lowest BCUT2D eigenvalue weighted by Crippen LogP contribution is -2.40. The minimum Gasteiger partial charge on any atom is -0.356 e. The van der Waals surface area contributed by atoms with Crippen LogP contribution in [0, 0.1) is 5.82 Å². The van der Waals surface area contributed by atoms with Crippen LogP contribution < -0.4 is 5.32 Å². The van der Waals surface area contributed by atoms with Crippen molar-refractivity contribution in [1.29, 1.82) is 0 Å². The van der Waals surface area contributed by atoms with Crippen molar-refractivity contribution in [2.24, 2.45) is 4.99 Å². The van der Waals surface area contributed by atoms with E-state index in [1.54, 1.807) is 20.2 Å². The molecule has 5 nitrogen and oxygen atoms in total. The molecule has 0 unspecified atom stereocenters. The zero-order valence-electron chi connectivity index (χ0n) is 14.5. The highest BCUT2D eigenvalue weighted by molar-refractivity contribution is 14.0. The summed E-state index contributed by atoms with van der Waals surface area (Å²) in [6.45, 7) is 3.32. The second kappa shape index (κ2) is 11.5. The molecule has 0 saturated carbocycles. The molecule has 0 spiro atoms. The van der Waals surface area contributed by atoms with E-state index in [1.807, 2.05) is 18.9 Å². The maximum Gasteiger partial charge on any atom is 0.243 e. The molecule has 0 atom stereocenters. The third-order valence-electron chi connectivity index (χ3n) is 3.16. The van der Waals surface area contributed by atoms with Gasteiger partial charge in [-0.1, -0.05) is 24.6 Å². The highest BCUT2D eigenvalue weighted by atomic mass is 127. The largest absolute Gasteiger partial charge is 0.356 e. The van der Waals surface area contributed by atoms with Gasteiger partial charge in [0.05, 0.1) is 5.02 Å². The van der Waals surface area contributed by atoms with Gasteiger partial charge in [-0.2, -0.15) is 0 Å². The van der Waals surface area contributed by atoms with E-state index in [9.17, 15) is 9.18 Å². The molecular formula is C16H25ClFIN4O. The first-order valence-corrected chi connectivity index (χ1v) is 7.86. The van der Waals surface area contributed by atoms with Crippen molar-refractivity contribution in [2.45, 2.75) is 19.9 Å². The van der Waals surface area contributed by atoms with E-state index in [4.69, 9.17) is 11.6 Å². The van der Waals surface area contributed by atoms with Crippen LogP contribution >= 0.6 is 35.6 Å². The minimum absolute atomic E-state index is 0. The van der Waals surface area contributed by atoms with Crippen molar-refractivity contribution in [3.8, 4) is 0 Å². The van der Waals surface area contributed by atoms with Gasteiger partial charge in [-0.25, -0.2) is 9.38 Å². The molecule has 1 aromatic carbocycles. The molecule has 0 aliphatic carbocycles. The molecule has 1 aromatic rings. The third-order valence-corrected chi connectivity index (χ3v) is 3.47. The number of aliphatic imine (C=N–C) groups is 1. The molecule has 1 rings (SSSR count). The van der Waals surface area contributed by atoms with Crippen LogP contribution in [0.2, 0.25) is 5.02 Å². The number of carbonyl (C=O) groups is 1. The monoisotopic (exact) mass is 470 g/mol. The number of hydrogen-bond donors (Lipinski definition) is 1. The first-order chi connectivity index (χ1) is 10.8. The van der Waals surface area contributed by atoms with Gasteiger partial charge in [0.1, 0.15) is 12.4 Å². The fourth-order valence-corrected chi connectivity index (χ4v) is 1.94. The third kappa shape index (κ3) is 7.65. The number of hydrogen-bond acceptors (Lipinski definition) is 2. The zero-order valence-corrected chi connectivity index (χ0v) is 17.6. The Labute approximate surface area is 165 Å². The van der Waals surface area contributed by atoms with Crippen molar-refractivity contribution in [3.05, 3.63) is 34.6 Å². The van der Waals surface area contributed by atoms with Crippen LogP contribution in [0.4, 0.5) is 4.39 Å². The molecule has 0 bridgehead atoms. The summed E-state index contributed by atoms with van der Waals surface area (Å²) >= 11 is 5.70. The highest BCUT2D eigenvalue weighted by Crippen LogP contribution is 2.16. The van der Waals surface area contributed by atoms with Crippen molar-refractivity contribution in [1.82, 2.24) is 15.1 Å². The second-order valence-corrected chi connectivity index (χ2v) is 5.87. The van der Waals surface area contributed by atoms with E-state index < -0.39 is 5.82 Å². The van der Waals surface area contributed by atoms with Gasteiger partial charge in [-0.3, -0.25) is 4.79 Å². The fraction of sp³-hybridized carbons (Fsp3) is 0.500. The summed E-state index contributed by atoms with van der Waals surface area (Å²) in [7, 11) is 5.22. The average Bonchev–Trinajstić information content (AvgIpc) is 2.50. The number of halogens is 3. The highest BCUT2D eigenvalue weighted by Gasteiger charge is 2.10. The zero-order chi connectivity index (χ0) is 17.4. The lowest BCUT2D eigenvalue weighted by atomic mass is 10.2. The van der Waals surface area contributed by atoms with Crippen LogP contribution in [0.5, 0.6) is 0 Å². The van der Waals surface area contributed by atoms with Crippen molar-refractivity contribution < 1.29 is 9.18 Å². The second-order valence-electron chi connectivity index (χ2n) is 5.46. The molecule has 0 aliphatic rings. The quantitative estimate of drug-likeness (QED) is 0.395. The van der Waals surface area contributed by atoms with E-state index in [0.717, 1.165) is 18.5 Å². The number of likely N-dealkylation sites (N-methyl/N-ethyl adjacent to an activating group) is 1. The van der Waals surface area contributed by atoms with Crippen LogP contribution in [-0.2, 0) is 11.3 Å². The summed E-state index contributed by atoms with van der Waals surface area (Å²) in [6.07, 6.45) is 0.935. The normalized spacial score (nSPS) is 10.8. The van der Waals surface area contributed by atoms with E-state index in [-0.39, 0.29) is 41.5 Å². The smallest absolute Gasteiger partial charge is 0.243 e. The van der Waals surface area contributed by atoms with Crippen LogP contribution in [0.3, 0.4) is 0 Å². The predicted molar refractivity (Wildman–Crippen MR) is 108 cm³/mol. The number of carbonyl (C=O) groups excluding carboxylic acids is 1. The number of rotatable bonds is 6. The Morgan fingerprint density at radius 3 is 2.54 bits per heavy atom. The van der Waals surface area contributed by atoms with Crippen LogP contribution in [-0.4, -0.2) is 55.9 Å². The van der Waals surface area contributed by atoms with E-state index in [1.165, 1.54) is 17.0 Å². The topological polar surface area (TPSA) is 47.9 Å². The predicted octanol–water partition coefficient (Wildman–Crippen LogP) is 2.97. The van der Waals surface area contributed by atoms with Gasteiger partial charge in [0, 0.05) is 34.2 Å². The van der Waals surface area contributed by atoms with Gasteiger partial charge in [0.25, 0.3) is 0 Å². The van der Waals surface area contributed by atoms with E-state index in [2.05, 4.69) is 10.3 Å². The summed E-state index contributed by atoms with van der Waals surface area (Å²) in [6, 6.07) is 4.71. The number of amides is 1. The molecule has 24 heavy (non-hydrogen) atoms. The van der Waals surface area contributed by atoms with Gasteiger partial charge >= 0.3 is 0 Å². The van der Waals surface area contributed by atoms with Gasteiger partial charge in [0.15, 0.2) is 5.96 Å². The molecule has 0 fully saturated rings. The first kappa shape index (κ1) is 22.9. The van der Waals surface area contributed by atoms with Crippen molar-refractivity contribution in [2.75, 3.05) is 34.2 Å². The molecule has 8 heteroatoms. The SMILES string of the molecule is CCCNC(=NCC(=O)N(C)C)N(C)Cc1ccc(Cl)c(F)c1.I. The number of nitrogens with one attached hydrogen (secondary N) is 1. The molecule has 0 saturated heterocycles. The maximum atomic E-state index is 13.5. The van der Waals surface area contributed by atoms with Gasteiger partial charge in [-0.05, 0) is 24.1 Å². The summed E-state index contributed by atoms with van der Waals surface area (Å²) in [4.78, 5) is 19.4. The number of nitrogens with zero attached hydrogens (tertiary/aromatic N) is 3. The fourth-order valence-electron chi connectivity index (χ4n) is 1.82. The molecule has 0 aliphatic heterocycles. The van der Waals surface area contributed by atoms with Crippen LogP contribution in [0.25, 0.3) is 0 Å². The Kier molecular flexibility index (Phi) is 10.9. The average molecular weight is 471 g/mol. The van der Waals surface area contributed by atoms with Crippen LogP contribution in [0.1, 0.15) is 18.9 Å². The first-order valence-electron chi connectivity index (χ1n) is 7.48. The van der Waals surface area contributed by atoms with E-state index in [0.29, 0.717) is 12.5 Å². The summed E-state index contributed by atoms with van der Waals surface area (Å²) in [5, 5.41) is 3.30. The van der Waals surface area contributed by atoms with Crippen molar-refractivity contribution >= 4 is 47.4 Å². The van der Waals surface area contributed by atoms with Crippen molar-refractivity contribution in [3.63, 3.8) is 0 Å². The van der Waals surface area contributed by atoms with Gasteiger partial charge in [0.2, 0.25) is 5.91 Å². The molecule has 1 amide bonds.